The van der Waals surface area contributed by atoms with Gasteiger partial charge in [0.15, 0.2) is 0 Å². The van der Waals surface area contributed by atoms with Gasteiger partial charge in [0.05, 0.1) is 32.3 Å². The molecular weight excluding hydrogens is 493 g/mol. The second-order valence-electron chi connectivity index (χ2n) is 7.69. The predicted molar refractivity (Wildman–Crippen MR) is 133 cm³/mol. The maximum Gasteiger partial charge on any atom is 0.204 e. The highest BCUT2D eigenvalue weighted by Crippen LogP contribution is 2.32. The topological polar surface area (TPSA) is 88.6 Å². The quantitative estimate of drug-likeness (QED) is 0.267. The van der Waals surface area contributed by atoms with Gasteiger partial charge in [0.1, 0.15) is 46.1 Å². The van der Waals surface area contributed by atoms with Crippen molar-refractivity contribution in [2.45, 2.75) is 13.2 Å². The summed E-state index contributed by atoms with van der Waals surface area (Å²) in [6.07, 6.45) is 1.75. The molecule has 35 heavy (non-hydrogen) atoms. The Morgan fingerprint density at radius 3 is 2.51 bits per heavy atom. The van der Waals surface area contributed by atoms with Crippen LogP contribution in [-0.2, 0) is 13.2 Å². The number of aromatic nitrogens is 3. The van der Waals surface area contributed by atoms with Crippen LogP contribution in [0.15, 0.2) is 63.9 Å². The van der Waals surface area contributed by atoms with Crippen molar-refractivity contribution in [1.29, 1.82) is 0 Å². The van der Waals surface area contributed by atoms with Crippen LogP contribution in [0.5, 0.6) is 17.2 Å². The lowest BCUT2D eigenvalue weighted by atomic mass is 10.1. The Balaban J connectivity index is 1.39. The first-order valence-corrected chi connectivity index (χ1v) is 11.3. The largest absolute Gasteiger partial charge is 0.496 e. The van der Waals surface area contributed by atoms with Crippen LogP contribution in [0.3, 0.4) is 0 Å². The van der Waals surface area contributed by atoms with Crippen molar-refractivity contribution in [2.24, 2.45) is 0 Å². The summed E-state index contributed by atoms with van der Waals surface area (Å²) < 4.78 is 24.1. The Bertz CT molecular complexity index is 1590. The molecule has 0 aliphatic heterocycles. The second kappa shape index (κ2) is 9.48. The highest BCUT2D eigenvalue weighted by Gasteiger charge is 2.15. The molecule has 5 aromatic rings. The molecule has 10 heteroatoms. The minimum Gasteiger partial charge on any atom is -0.496 e. The van der Waals surface area contributed by atoms with E-state index in [-0.39, 0.29) is 12.0 Å². The number of rotatable bonds is 7. The van der Waals surface area contributed by atoms with Crippen LogP contribution >= 0.6 is 23.2 Å². The minimum atomic E-state index is -0.228. The smallest absolute Gasteiger partial charge is 0.204 e. The highest BCUT2D eigenvalue weighted by molar-refractivity contribution is 6.35. The molecule has 3 aromatic carbocycles. The molecule has 0 aliphatic rings. The lowest BCUT2D eigenvalue weighted by Gasteiger charge is -2.10. The molecule has 2 heterocycles. The zero-order chi connectivity index (χ0) is 24.5. The van der Waals surface area contributed by atoms with Crippen molar-refractivity contribution in [2.75, 3.05) is 14.2 Å². The fraction of sp³-hybridized carbons (Fsp3) is 0.160. The van der Waals surface area contributed by atoms with Crippen molar-refractivity contribution < 1.29 is 18.6 Å². The molecule has 0 saturated heterocycles. The molecule has 0 fully saturated rings. The fourth-order valence-corrected chi connectivity index (χ4v) is 4.27. The van der Waals surface area contributed by atoms with Gasteiger partial charge in [-0.15, -0.1) is 5.10 Å². The van der Waals surface area contributed by atoms with E-state index in [9.17, 15) is 4.79 Å². The molecule has 0 bridgehead atoms. The number of methoxy groups -OCH3 is 2. The Kier molecular flexibility index (Phi) is 6.23. The Hall–Kier alpha value is -3.75. The lowest BCUT2D eigenvalue weighted by molar-refractivity contribution is 0.301. The van der Waals surface area contributed by atoms with Gasteiger partial charge in [-0.25, -0.2) is 4.68 Å². The molecule has 2 aromatic heterocycles. The van der Waals surface area contributed by atoms with E-state index in [2.05, 4.69) is 10.3 Å². The van der Waals surface area contributed by atoms with E-state index < -0.39 is 0 Å². The van der Waals surface area contributed by atoms with Gasteiger partial charge in [-0.1, -0.05) is 34.5 Å². The van der Waals surface area contributed by atoms with Gasteiger partial charge < -0.3 is 18.6 Å². The van der Waals surface area contributed by atoms with Crippen LogP contribution < -0.4 is 19.6 Å². The van der Waals surface area contributed by atoms with Gasteiger partial charge in [0.25, 0.3) is 0 Å². The molecule has 8 nitrogen and oxygen atoms in total. The molecule has 0 radical (unpaired) electrons. The van der Waals surface area contributed by atoms with Gasteiger partial charge >= 0.3 is 0 Å². The number of nitrogens with zero attached hydrogens (tertiary/aromatic N) is 3. The average molecular weight is 512 g/mol. The minimum absolute atomic E-state index is 0.154. The van der Waals surface area contributed by atoms with E-state index in [1.165, 1.54) is 14.2 Å². The molecule has 0 N–H and O–H groups in total. The van der Waals surface area contributed by atoms with Crippen molar-refractivity contribution in [1.82, 2.24) is 15.0 Å². The molecule has 0 atom stereocenters. The Labute approximate surface area is 209 Å². The van der Waals surface area contributed by atoms with Gasteiger partial charge in [0.2, 0.25) is 5.43 Å². The highest BCUT2D eigenvalue weighted by atomic mass is 35.5. The molecule has 0 aliphatic carbocycles. The van der Waals surface area contributed by atoms with E-state index in [4.69, 9.17) is 41.8 Å². The first-order chi connectivity index (χ1) is 17.0. The van der Waals surface area contributed by atoms with Crippen LogP contribution in [0.4, 0.5) is 0 Å². The van der Waals surface area contributed by atoms with E-state index in [0.29, 0.717) is 61.5 Å². The van der Waals surface area contributed by atoms with Crippen LogP contribution in [0.2, 0.25) is 10.0 Å². The predicted octanol–water partition coefficient (Wildman–Crippen LogP) is 5.49. The van der Waals surface area contributed by atoms with Crippen LogP contribution in [0, 0.1) is 0 Å². The summed E-state index contributed by atoms with van der Waals surface area (Å²) in [5, 5.41) is 10.1. The van der Waals surface area contributed by atoms with Gasteiger partial charge in [-0.3, -0.25) is 4.79 Å². The summed E-state index contributed by atoms with van der Waals surface area (Å²) in [4.78, 5) is 13.2. The molecular formula is C25H19Cl2N3O5. The van der Waals surface area contributed by atoms with Crippen molar-refractivity contribution >= 4 is 45.1 Å². The van der Waals surface area contributed by atoms with E-state index in [0.717, 1.165) is 5.56 Å². The van der Waals surface area contributed by atoms with E-state index in [1.54, 1.807) is 59.4 Å². The third kappa shape index (κ3) is 4.50. The monoisotopic (exact) mass is 511 g/mol. The Morgan fingerprint density at radius 2 is 1.77 bits per heavy atom. The number of halogens is 2. The zero-order valence-electron chi connectivity index (χ0n) is 18.7. The molecule has 0 spiro atoms. The summed E-state index contributed by atoms with van der Waals surface area (Å²) in [5.74, 6) is 1.39. The number of hydrogen-bond donors (Lipinski definition) is 0. The van der Waals surface area contributed by atoms with Crippen molar-refractivity contribution in [3.63, 3.8) is 0 Å². The third-order valence-electron chi connectivity index (χ3n) is 5.49. The zero-order valence-corrected chi connectivity index (χ0v) is 20.3. The molecule has 0 saturated carbocycles. The van der Waals surface area contributed by atoms with Crippen LogP contribution in [0.25, 0.3) is 21.9 Å². The fourth-order valence-electron chi connectivity index (χ4n) is 3.75. The molecule has 0 amide bonds. The van der Waals surface area contributed by atoms with Gasteiger partial charge in [0, 0.05) is 27.7 Å². The van der Waals surface area contributed by atoms with E-state index >= 15 is 0 Å². The maximum atomic E-state index is 13.2. The van der Waals surface area contributed by atoms with Crippen LogP contribution in [0.1, 0.15) is 11.3 Å². The van der Waals surface area contributed by atoms with Gasteiger partial charge in [-0.05, 0) is 30.3 Å². The van der Waals surface area contributed by atoms with Crippen LogP contribution in [-0.4, -0.2) is 29.2 Å². The normalized spacial score (nSPS) is 11.2. The first kappa shape index (κ1) is 23.0. The van der Waals surface area contributed by atoms with Gasteiger partial charge in [-0.2, -0.15) is 0 Å². The summed E-state index contributed by atoms with van der Waals surface area (Å²) in [7, 11) is 3.03. The summed E-state index contributed by atoms with van der Waals surface area (Å²) >= 11 is 12.5. The summed E-state index contributed by atoms with van der Waals surface area (Å²) in [5.41, 5.74) is 1.94. The average Bonchev–Trinajstić information content (AvgIpc) is 3.32. The number of benzene rings is 3. The second-order valence-corrected chi connectivity index (χ2v) is 8.50. The summed E-state index contributed by atoms with van der Waals surface area (Å²) in [6, 6.07) is 13.7. The van der Waals surface area contributed by atoms with Crippen molar-refractivity contribution in [3.05, 3.63) is 86.3 Å². The van der Waals surface area contributed by atoms with E-state index in [1.807, 2.05) is 0 Å². The molecule has 5 rings (SSSR count). The van der Waals surface area contributed by atoms with Crippen molar-refractivity contribution in [3.8, 4) is 17.2 Å². The SMILES string of the molecule is COc1cc(OC)c2c(=O)c3cc(OCc4cn(Cc5c(Cl)cccc5Cl)nn4)ccc3oc2c1. The summed E-state index contributed by atoms with van der Waals surface area (Å²) in [6.45, 7) is 0.531. The number of hydrogen-bond acceptors (Lipinski definition) is 7. The lowest BCUT2D eigenvalue weighted by Crippen LogP contribution is -2.05. The maximum absolute atomic E-state index is 13.2. The standard InChI is InChI=1S/C25H19Cl2N3O5/c1-32-16-9-22(33-2)24-23(10-16)35-21-7-6-15(8-17(21)25(24)31)34-13-14-11-30(29-28-14)12-18-19(26)4-3-5-20(18)27/h3-11H,12-13H2,1-2H3. The number of fused-ring (bicyclic) bond motifs is 2. The molecule has 0 unspecified atom stereocenters. The third-order valence-corrected chi connectivity index (χ3v) is 6.20. The Morgan fingerprint density at radius 1 is 0.971 bits per heavy atom. The molecule has 178 valence electrons. The first-order valence-electron chi connectivity index (χ1n) is 10.5. The number of ether oxygens (including phenoxy) is 3.